The Hall–Kier alpha value is -2.55. The average Bonchev–Trinajstić information content (AvgIpc) is 3.25. The lowest BCUT2D eigenvalue weighted by molar-refractivity contribution is 0.336. The van der Waals surface area contributed by atoms with E-state index in [2.05, 4.69) is 53.0 Å². The summed E-state index contributed by atoms with van der Waals surface area (Å²) in [6.07, 6.45) is 3.78. The molecule has 0 saturated carbocycles. The van der Waals surface area contributed by atoms with Crippen LogP contribution in [0.3, 0.4) is 0 Å². The second kappa shape index (κ2) is 12.9. The number of halogens is 1. The quantitative estimate of drug-likeness (QED) is 0.253. The van der Waals surface area contributed by atoms with E-state index in [1.165, 1.54) is 11.1 Å². The Labute approximate surface area is 195 Å². The lowest BCUT2D eigenvalue weighted by Crippen LogP contribution is -2.37. The van der Waals surface area contributed by atoms with Crippen LogP contribution >= 0.6 is 24.0 Å². The highest BCUT2D eigenvalue weighted by molar-refractivity contribution is 14.0. The van der Waals surface area contributed by atoms with E-state index in [1.807, 2.05) is 42.1 Å². The van der Waals surface area contributed by atoms with Gasteiger partial charge in [0.15, 0.2) is 5.96 Å². The van der Waals surface area contributed by atoms with Gasteiger partial charge < -0.3 is 15.4 Å². The molecule has 0 aliphatic rings. The van der Waals surface area contributed by atoms with Crippen LogP contribution in [0.25, 0.3) is 0 Å². The molecule has 0 radical (unpaired) electrons. The van der Waals surface area contributed by atoms with Gasteiger partial charge in [-0.2, -0.15) is 5.10 Å². The van der Waals surface area contributed by atoms with Gasteiger partial charge in [-0.3, -0.25) is 4.68 Å². The van der Waals surface area contributed by atoms with Crippen LogP contribution in [0.4, 0.5) is 0 Å². The third kappa shape index (κ3) is 7.05. The van der Waals surface area contributed by atoms with E-state index in [0.717, 1.165) is 30.4 Å². The molecule has 0 bridgehead atoms. The Kier molecular flexibility index (Phi) is 10.2. The average molecular weight is 519 g/mol. The SMILES string of the molecule is CCNC(=NCc1ccccc1OCC)NCc1ccccc1Cn1cccn1.I. The Bertz CT molecular complexity index is 911. The molecule has 2 N–H and O–H groups in total. The van der Waals surface area contributed by atoms with Gasteiger partial charge in [-0.15, -0.1) is 24.0 Å². The van der Waals surface area contributed by atoms with Gasteiger partial charge >= 0.3 is 0 Å². The number of guanidine groups is 1. The number of ether oxygens (including phenoxy) is 1. The third-order valence-electron chi connectivity index (χ3n) is 4.48. The second-order valence-electron chi connectivity index (χ2n) is 6.56. The van der Waals surface area contributed by atoms with Crippen molar-refractivity contribution in [2.45, 2.75) is 33.5 Å². The summed E-state index contributed by atoms with van der Waals surface area (Å²) < 4.78 is 7.64. The highest BCUT2D eigenvalue weighted by Crippen LogP contribution is 2.18. The first kappa shape index (κ1) is 23.7. The van der Waals surface area contributed by atoms with Gasteiger partial charge in [0, 0.05) is 31.0 Å². The van der Waals surface area contributed by atoms with Crippen molar-refractivity contribution in [3.05, 3.63) is 83.7 Å². The summed E-state index contributed by atoms with van der Waals surface area (Å²) in [5.74, 6) is 1.67. The number of hydrogen-bond donors (Lipinski definition) is 2. The lowest BCUT2D eigenvalue weighted by atomic mass is 10.1. The molecule has 6 nitrogen and oxygen atoms in total. The Morgan fingerprint density at radius 3 is 2.40 bits per heavy atom. The monoisotopic (exact) mass is 519 g/mol. The predicted molar refractivity (Wildman–Crippen MR) is 132 cm³/mol. The van der Waals surface area contributed by atoms with Gasteiger partial charge in [-0.05, 0) is 37.1 Å². The van der Waals surface area contributed by atoms with Crippen LogP contribution in [0.15, 0.2) is 72.0 Å². The minimum Gasteiger partial charge on any atom is -0.494 e. The van der Waals surface area contributed by atoms with Crippen LogP contribution < -0.4 is 15.4 Å². The van der Waals surface area contributed by atoms with Gasteiger partial charge in [-0.1, -0.05) is 42.5 Å². The van der Waals surface area contributed by atoms with Crippen molar-refractivity contribution in [3.8, 4) is 5.75 Å². The summed E-state index contributed by atoms with van der Waals surface area (Å²) >= 11 is 0. The summed E-state index contributed by atoms with van der Waals surface area (Å²) in [5, 5.41) is 11.1. The molecule has 1 aromatic heterocycles. The largest absolute Gasteiger partial charge is 0.494 e. The maximum atomic E-state index is 5.71. The molecule has 30 heavy (non-hydrogen) atoms. The lowest BCUT2D eigenvalue weighted by Gasteiger charge is -2.15. The zero-order valence-electron chi connectivity index (χ0n) is 17.5. The van der Waals surface area contributed by atoms with Gasteiger partial charge in [0.1, 0.15) is 5.75 Å². The molecule has 0 unspecified atom stereocenters. The number of rotatable bonds is 9. The van der Waals surface area contributed by atoms with Crippen LogP contribution in [-0.4, -0.2) is 28.9 Å². The first-order valence-corrected chi connectivity index (χ1v) is 10.1. The van der Waals surface area contributed by atoms with E-state index in [4.69, 9.17) is 9.73 Å². The fourth-order valence-corrected chi connectivity index (χ4v) is 3.07. The van der Waals surface area contributed by atoms with E-state index >= 15 is 0 Å². The molecule has 0 spiro atoms. The molecule has 0 saturated heterocycles. The van der Waals surface area contributed by atoms with Crippen LogP contribution in [0.1, 0.15) is 30.5 Å². The van der Waals surface area contributed by atoms with Crippen molar-refractivity contribution < 1.29 is 4.74 Å². The number of aromatic nitrogens is 2. The van der Waals surface area contributed by atoms with Crippen molar-refractivity contribution >= 4 is 29.9 Å². The van der Waals surface area contributed by atoms with Gasteiger partial charge in [0.05, 0.1) is 19.7 Å². The first-order valence-electron chi connectivity index (χ1n) is 10.1. The van der Waals surface area contributed by atoms with Crippen molar-refractivity contribution in [1.82, 2.24) is 20.4 Å². The summed E-state index contributed by atoms with van der Waals surface area (Å²) in [4.78, 5) is 4.74. The molecule has 2 aromatic carbocycles. The van der Waals surface area contributed by atoms with Gasteiger partial charge in [0.2, 0.25) is 0 Å². The molecular formula is C23H30IN5O. The number of hydrogen-bond acceptors (Lipinski definition) is 3. The highest BCUT2D eigenvalue weighted by atomic mass is 127. The Morgan fingerprint density at radius 2 is 1.70 bits per heavy atom. The zero-order valence-corrected chi connectivity index (χ0v) is 19.9. The van der Waals surface area contributed by atoms with Crippen molar-refractivity contribution in [1.29, 1.82) is 0 Å². The predicted octanol–water partition coefficient (Wildman–Crippen LogP) is 4.20. The maximum Gasteiger partial charge on any atom is 0.191 e. The summed E-state index contributed by atoms with van der Waals surface area (Å²) in [6, 6.07) is 18.4. The van der Waals surface area contributed by atoms with E-state index in [0.29, 0.717) is 19.7 Å². The zero-order chi connectivity index (χ0) is 20.3. The summed E-state index contributed by atoms with van der Waals surface area (Å²) in [7, 11) is 0. The Morgan fingerprint density at radius 1 is 0.967 bits per heavy atom. The number of nitrogens with zero attached hydrogens (tertiary/aromatic N) is 3. The van der Waals surface area contributed by atoms with Crippen molar-refractivity contribution in [2.24, 2.45) is 4.99 Å². The van der Waals surface area contributed by atoms with E-state index < -0.39 is 0 Å². The minimum absolute atomic E-state index is 0. The highest BCUT2D eigenvalue weighted by Gasteiger charge is 2.06. The normalized spacial score (nSPS) is 10.9. The van der Waals surface area contributed by atoms with Crippen molar-refractivity contribution in [2.75, 3.05) is 13.2 Å². The van der Waals surface area contributed by atoms with Crippen LogP contribution in [-0.2, 0) is 19.6 Å². The molecule has 3 rings (SSSR count). The van der Waals surface area contributed by atoms with Crippen LogP contribution in [0, 0.1) is 0 Å². The molecular weight excluding hydrogens is 489 g/mol. The Balaban J connectivity index is 0.00000320. The molecule has 0 aliphatic heterocycles. The topological polar surface area (TPSA) is 63.5 Å². The summed E-state index contributed by atoms with van der Waals surface area (Å²) in [6.45, 7) is 7.50. The summed E-state index contributed by atoms with van der Waals surface area (Å²) in [5.41, 5.74) is 3.54. The molecule has 0 atom stereocenters. The second-order valence-corrected chi connectivity index (χ2v) is 6.56. The molecule has 3 aromatic rings. The molecule has 160 valence electrons. The first-order chi connectivity index (χ1) is 14.3. The molecule has 0 fully saturated rings. The minimum atomic E-state index is 0. The third-order valence-corrected chi connectivity index (χ3v) is 4.48. The van der Waals surface area contributed by atoms with E-state index in [9.17, 15) is 0 Å². The maximum absolute atomic E-state index is 5.71. The number of para-hydroxylation sites is 1. The van der Waals surface area contributed by atoms with Crippen LogP contribution in [0.2, 0.25) is 0 Å². The molecule has 0 amide bonds. The van der Waals surface area contributed by atoms with Crippen molar-refractivity contribution in [3.63, 3.8) is 0 Å². The fraction of sp³-hybridized carbons (Fsp3) is 0.304. The van der Waals surface area contributed by atoms with Gasteiger partial charge in [0.25, 0.3) is 0 Å². The van der Waals surface area contributed by atoms with E-state index in [1.54, 1.807) is 6.20 Å². The van der Waals surface area contributed by atoms with Crippen LogP contribution in [0.5, 0.6) is 5.75 Å². The van der Waals surface area contributed by atoms with E-state index in [-0.39, 0.29) is 24.0 Å². The molecule has 7 heteroatoms. The number of nitrogens with one attached hydrogen (secondary N) is 2. The van der Waals surface area contributed by atoms with Gasteiger partial charge in [-0.25, -0.2) is 4.99 Å². The smallest absolute Gasteiger partial charge is 0.191 e. The number of aliphatic imine (C=N–C) groups is 1. The fourth-order valence-electron chi connectivity index (χ4n) is 3.07. The number of benzene rings is 2. The standard InChI is InChI=1S/C23H29N5O.HI/c1-3-24-23(26-17-20-11-7-8-13-22(20)29-4-2)25-16-19-10-5-6-12-21(19)18-28-15-9-14-27-28;/h5-15H,3-4,16-18H2,1-2H3,(H2,24,25,26);1H. The molecule has 0 aliphatic carbocycles. The molecule has 1 heterocycles.